The van der Waals surface area contributed by atoms with Gasteiger partial charge in [-0.2, -0.15) is 0 Å². The molecule has 0 saturated carbocycles. The van der Waals surface area contributed by atoms with Gasteiger partial charge in [0, 0.05) is 31.8 Å². The molecule has 2 fully saturated rings. The van der Waals surface area contributed by atoms with Crippen molar-refractivity contribution in [2.24, 2.45) is 5.92 Å². The highest BCUT2D eigenvalue weighted by Gasteiger charge is 2.31. The van der Waals surface area contributed by atoms with Gasteiger partial charge in [-0.05, 0) is 31.4 Å². The predicted molar refractivity (Wildman–Crippen MR) is 100 cm³/mol. The zero-order valence-corrected chi connectivity index (χ0v) is 15.4. The summed E-state index contributed by atoms with van der Waals surface area (Å²) in [5.41, 5.74) is 0.571. The molecule has 0 atom stereocenters. The van der Waals surface area contributed by atoms with Crippen LogP contribution in [-0.2, 0) is 20.7 Å². The van der Waals surface area contributed by atoms with E-state index in [1.54, 1.807) is 6.07 Å². The topological polar surface area (TPSA) is 84.5 Å². The average molecular weight is 371 g/mol. The van der Waals surface area contributed by atoms with Crippen molar-refractivity contribution < 1.29 is 14.3 Å². The molecule has 144 valence electrons. The Labute approximate surface area is 157 Å². The smallest absolute Gasteiger partial charge is 0.258 e. The first-order valence-electron chi connectivity index (χ1n) is 9.69. The van der Waals surface area contributed by atoms with Gasteiger partial charge < -0.3 is 19.4 Å². The first kappa shape index (κ1) is 18.1. The highest BCUT2D eigenvalue weighted by molar-refractivity contribution is 5.77. The normalized spacial score (nSPS) is 19.0. The lowest BCUT2D eigenvalue weighted by atomic mass is 9.96. The summed E-state index contributed by atoms with van der Waals surface area (Å²) in [5, 5.41) is 0.593. The van der Waals surface area contributed by atoms with Crippen LogP contribution in [0.15, 0.2) is 29.1 Å². The van der Waals surface area contributed by atoms with E-state index in [2.05, 4.69) is 9.97 Å². The Morgan fingerprint density at radius 2 is 1.93 bits per heavy atom. The van der Waals surface area contributed by atoms with Gasteiger partial charge in [0.25, 0.3) is 5.56 Å². The molecule has 0 unspecified atom stereocenters. The highest BCUT2D eigenvalue weighted by Crippen LogP contribution is 2.26. The quantitative estimate of drug-likeness (QED) is 0.867. The molecule has 1 amide bonds. The van der Waals surface area contributed by atoms with E-state index in [4.69, 9.17) is 9.47 Å². The Morgan fingerprint density at radius 3 is 2.70 bits per heavy atom. The number of fused-ring (bicyclic) bond motifs is 1. The number of piperidine rings is 1. The molecule has 4 rings (SSSR count). The van der Waals surface area contributed by atoms with Gasteiger partial charge in [0.05, 0.1) is 24.1 Å². The molecule has 7 nitrogen and oxygen atoms in total. The van der Waals surface area contributed by atoms with Crippen molar-refractivity contribution in [2.45, 2.75) is 38.4 Å². The third-order valence-electron chi connectivity index (χ3n) is 5.39. The van der Waals surface area contributed by atoms with Crippen molar-refractivity contribution in [3.63, 3.8) is 0 Å². The van der Waals surface area contributed by atoms with Crippen LogP contribution in [0.3, 0.4) is 0 Å². The summed E-state index contributed by atoms with van der Waals surface area (Å²) in [6.45, 7) is 2.87. The molecule has 1 aromatic carbocycles. The SMILES string of the molecule is O=C(CCCc1nc2ccccc2c(=O)[nH]1)N1CCC(C2OCCO2)CC1. The van der Waals surface area contributed by atoms with Crippen LogP contribution in [0, 0.1) is 5.92 Å². The first-order chi connectivity index (χ1) is 13.2. The third-order valence-corrected chi connectivity index (χ3v) is 5.39. The summed E-state index contributed by atoms with van der Waals surface area (Å²) in [5.74, 6) is 1.20. The van der Waals surface area contributed by atoms with Gasteiger partial charge in [0.1, 0.15) is 5.82 Å². The molecular weight excluding hydrogens is 346 g/mol. The number of amides is 1. The fraction of sp³-hybridized carbons (Fsp3) is 0.550. The number of hydrogen-bond donors (Lipinski definition) is 1. The number of likely N-dealkylation sites (tertiary alicyclic amines) is 1. The summed E-state index contributed by atoms with van der Waals surface area (Å²) in [7, 11) is 0. The van der Waals surface area contributed by atoms with Crippen LogP contribution in [-0.4, -0.2) is 53.4 Å². The van der Waals surface area contributed by atoms with E-state index in [1.807, 2.05) is 23.1 Å². The second kappa shape index (κ2) is 8.19. The number of nitrogens with one attached hydrogen (secondary N) is 1. The van der Waals surface area contributed by atoms with Crippen molar-refractivity contribution in [1.29, 1.82) is 0 Å². The van der Waals surface area contributed by atoms with Crippen molar-refractivity contribution in [3.8, 4) is 0 Å². The van der Waals surface area contributed by atoms with Crippen LogP contribution in [0.1, 0.15) is 31.5 Å². The molecular formula is C20H25N3O4. The Morgan fingerprint density at radius 1 is 1.19 bits per heavy atom. The molecule has 2 aliphatic rings. The van der Waals surface area contributed by atoms with Gasteiger partial charge >= 0.3 is 0 Å². The Balaban J connectivity index is 1.26. The number of H-pyrrole nitrogens is 1. The molecule has 0 bridgehead atoms. The lowest BCUT2D eigenvalue weighted by molar-refractivity contribution is -0.136. The van der Waals surface area contributed by atoms with Crippen molar-refractivity contribution in [1.82, 2.24) is 14.9 Å². The van der Waals surface area contributed by atoms with Crippen molar-refractivity contribution in [3.05, 3.63) is 40.4 Å². The van der Waals surface area contributed by atoms with Gasteiger partial charge in [-0.1, -0.05) is 12.1 Å². The van der Waals surface area contributed by atoms with Gasteiger partial charge in [-0.25, -0.2) is 4.98 Å². The number of rotatable bonds is 5. The Hall–Kier alpha value is -2.25. The van der Waals surface area contributed by atoms with E-state index in [-0.39, 0.29) is 17.8 Å². The monoisotopic (exact) mass is 371 g/mol. The summed E-state index contributed by atoms with van der Waals surface area (Å²) in [6, 6.07) is 7.29. The van der Waals surface area contributed by atoms with Crippen LogP contribution in [0.2, 0.25) is 0 Å². The molecule has 1 N–H and O–H groups in total. The molecule has 2 aliphatic heterocycles. The molecule has 2 aromatic rings. The van der Waals surface area contributed by atoms with E-state index in [9.17, 15) is 9.59 Å². The van der Waals surface area contributed by atoms with Gasteiger partial charge in [-0.15, -0.1) is 0 Å². The van der Waals surface area contributed by atoms with Gasteiger partial charge in [-0.3, -0.25) is 9.59 Å². The van der Waals surface area contributed by atoms with Crippen LogP contribution in [0.4, 0.5) is 0 Å². The molecule has 1 aromatic heterocycles. The van der Waals surface area contributed by atoms with Crippen molar-refractivity contribution in [2.75, 3.05) is 26.3 Å². The highest BCUT2D eigenvalue weighted by atomic mass is 16.7. The number of aromatic nitrogens is 2. The van der Waals surface area contributed by atoms with Crippen LogP contribution < -0.4 is 5.56 Å². The van der Waals surface area contributed by atoms with E-state index in [1.165, 1.54) is 0 Å². The second-order valence-electron chi connectivity index (χ2n) is 7.21. The van der Waals surface area contributed by atoms with Crippen LogP contribution >= 0.6 is 0 Å². The third kappa shape index (κ3) is 4.20. The van der Waals surface area contributed by atoms with Gasteiger partial charge in [0.2, 0.25) is 5.91 Å². The molecule has 0 radical (unpaired) electrons. The summed E-state index contributed by atoms with van der Waals surface area (Å²) >= 11 is 0. The lowest BCUT2D eigenvalue weighted by Gasteiger charge is -2.33. The average Bonchev–Trinajstić information content (AvgIpc) is 3.23. The largest absolute Gasteiger partial charge is 0.350 e. The summed E-state index contributed by atoms with van der Waals surface area (Å²) in [6.07, 6.45) is 3.50. The van der Waals surface area contributed by atoms with E-state index in [0.717, 1.165) is 25.9 Å². The molecule has 0 spiro atoms. The van der Waals surface area contributed by atoms with Crippen LogP contribution in [0.5, 0.6) is 0 Å². The number of aryl methyl sites for hydroxylation is 1. The van der Waals surface area contributed by atoms with Gasteiger partial charge in [0.15, 0.2) is 6.29 Å². The number of para-hydroxylation sites is 1. The number of aromatic amines is 1. The zero-order valence-electron chi connectivity index (χ0n) is 15.4. The number of benzene rings is 1. The fourth-order valence-corrected chi connectivity index (χ4v) is 3.89. The molecule has 27 heavy (non-hydrogen) atoms. The lowest BCUT2D eigenvalue weighted by Crippen LogP contribution is -2.41. The number of ether oxygens (including phenoxy) is 2. The predicted octanol–water partition coefficient (Wildman–Crippen LogP) is 1.86. The second-order valence-corrected chi connectivity index (χ2v) is 7.21. The van der Waals surface area contributed by atoms with E-state index < -0.39 is 0 Å². The molecule has 3 heterocycles. The maximum absolute atomic E-state index is 12.5. The maximum Gasteiger partial charge on any atom is 0.258 e. The Bertz CT molecular complexity index is 852. The minimum atomic E-state index is -0.125. The van der Waals surface area contributed by atoms with E-state index >= 15 is 0 Å². The molecule has 0 aliphatic carbocycles. The van der Waals surface area contributed by atoms with Crippen LogP contribution in [0.25, 0.3) is 10.9 Å². The number of carbonyl (C=O) groups excluding carboxylic acids is 1. The number of hydrogen-bond acceptors (Lipinski definition) is 5. The zero-order chi connectivity index (χ0) is 18.6. The maximum atomic E-state index is 12.5. The number of carbonyl (C=O) groups is 1. The fourth-order valence-electron chi connectivity index (χ4n) is 3.89. The molecule has 7 heteroatoms. The first-order valence-corrected chi connectivity index (χ1v) is 9.69. The number of nitrogens with zero attached hydrogens (tertiary/aromatic N) is 2. The minimum Gasteiger partial charge on any atom is -0.350 e. The standard InChI is InChI=1S/C20H25N3O4/c24-18(23-10-8-14(9-11-23)20-26-12-13-27-20)7-3-6-17-21-16-5-2-1-4-15(16)19(25)22-17/h1-2,4-5,14,20H,3,6-13H2,(H,21,22,25). The van der Waals surface area contributed by atoms with Crippen molar-refractivity contribution >= 4 is 16.8 Å². The minimum absolute atomic E-state index is 0.0851. The summed E-state index contributed by atoms with van der Waals surface area (Å²) < 4.78 is 11.2. The Kier molecular flexibility index (Phi) is 5.50. The molecule has 2 saturated heterocycles. The summed E-state index contributed by atoms with van der Waals surface area (Å²) in [4.78, 5) is 33.8. The van der Waals surface area contributed by atoms with E-state index in [0.29, 0.717) is 55.1 Å².